The summed E-state index contributed by atoms with van der Waals surface area (Å²) < 4.78 is 0. The van der Waals surface area contributed by atoms with Crippen LogP contribution < -0.4 is 0 Å². The molecule has 0 fully saturated rings. The molecular weight excluding hydrogens is 172 g/mol. The maximum Gasteiger partial charge on any atom is 0.106 e. The molecule has 14 heavy (non-hydrogen) atoms. The first-order chi connectivity index (χ1) is 6.69. The Labute approximate surface area is 83.3 Å². The zero-order chi connectivity index (χ0) is 10.6. The van der Waals surface area contributed by atoms with Crippen molar-refractivity contribution in [1.82, 2.24) is 0 Å². The van der Waals surface area contributed by atoms with E-state index in [9.17, 15) is 0 Å². The fourth-order valence-electron chi connectivity index (χ4n) is 1.06. The Hall–Kier alpha value is -2.10. The van der Waals surface area contributed by atoms with Crippen LogP contribution in [0.4, 0.5) is 0 Å². The van der Waals surface area contributed by atoms with Gasteiger partial charge < -0.3 is 5.41 Å². The fraction of sp³-hybridized carbons (Fsp3) is 0.0833. The molecule has 0 amide bonds. The highest BCUT2D eigenvalue weighted by Gasteiger charge is 2.01. The van der Waals surface area contributed by atoms with Gasteiger partial charge in [0, 0.05) is 0 Å². The number of hydrogen-bond donors (Lipinski definition) is 0. The maximum atomic E-state index is 8.64. The van der Waals surface area contributed by atoms with E-state index in [2.05, 4.69) is 6.58 Å². The van der Waals surface area contributed by atoms with Crippen LogP contribution in [0.25, 0.3) is 11.0 Å². The molecule has 1 aromatic carbocycles. The average Bonchev–Trinajstić information content (AvgIpc) is 2.20. The first kappa shape index (κ1) is 9.98. The fourth-order valence-corrected chi connectivity index (χ4v) is 1.06. The molecule has 68 valence electrons. The van der Waals surface area contributed by atoms with E-state index in [0.29, 0.717) is 5.57 Å². The van der Waals surface area contributed by atoms with Gasteiger partial charge in [0.15, 0.2) is 0 Å². The minimum atomic E-state index is 0.0638. The molecule has 0 radical (unpaired) electrons. The molecule has 0 N–H and O–H groups in total. The minimum Gasteiger partial charge on any atom is -0.762 e. The molecule has 0 unspecified atom stereocenters. The van der Waals surface area contributed by atoms with Gasteiger partial charge >= 0.3 is 0 Å². The second kappa shape index (κ2) is 4.23. The lowest BCUT2D eigenvalue weighted by Gasteiger charge is -2.03. The van der Waals surface area contributed by atoms with E-state index in [1.54, 1.807) is 0 Å². The molecule has 2 heteroatoms. The molecule has 1 aromatic rings. The van der Waals surface area contributed by atoms with E-state index in [1.807, 2.05) is 43.1 Å². The van der Waals surface area contributed by atoms with Gasteiger partial charge in [0.05, 0.1) is 5.57 Å². The highest BCUT2D eigenvalue weighted by Crippen LogP contribution is 2.18. The molecular formula is C12H9N2-. The first-order valence-corrected chi connectivity index (χ1v) is 4.12. The van der Waals surface area contributed by atoms with Crippen LogP contribution in [0.3, 0.4) is 0 Å². The summed E-state index contributed by atoms with van der Waals surface area (Å²) in [6.45, 7) is 5.69. The highest BCUT2D eigenvalue weighted by molar-refractivity contribution is 5.92. The smallest absolute Gasteiger partial charge is 0.106 e. The van der Waals surface area contributed by atoms with E-state index in [-0.39, 0.29) is 5.57 Å². The maximum absolute atomic E-state index is 8.64. The van der Waals surface area contributed by atoms with Crippen molar-refractivity contribution in [2.75, 3.05) is 0 Å². The summed E-state index contributed by atoms with van der Waals surface area (Å²) >= 11 is 0. The Balaban J connectivity index is 3.09. The van der Waals surface area contributed by atoms with Gasteiger partial charge in [-0.15, -0.1) is 0 Å². The number of aryl methyl sites for hydroxylation is 1. The van der Waals surface area contributed by atoms with Crippen molar-refractivity contribution in [1.29, 1.82) is 5.26 Å². The quantitative estimate of drug-likeness (QED) is 0.393. The summed E-state index contributed by atoms with van der Waals surface area (Å²) in [5.74, 6) is 1.82. The number of allylic oxidation sites excluding steroid dienone is 2. The number of benzene rings is 1. The van der Waals surface area contributed by atoms with E-state index < -0.39 is 0 Å². The molecule has 0 atom stereocenters. The van der Waals surface area contributed by atoms with Crippen LogP contribution in [-0.2, 0) is 0 Å². The van der Waals surface area contributed by atoms with Gasteiger partial charge in [-0.1, -0.05) is 36.4 Å². The normalized spacial score (nSPS) is 8.57. The van der Waals surface area contributed by atoms with Crippen molar-refractivity contribution < 1.29 is 0 Å². The van der Waals surface area contributed by atoms with Crippen molar-refractivity contribution in [2.24, 2.45) is 0 Å². The SMILES string of the molecule is C=C(C(=C=[N-])C#N)c1ccc(C)cc1. The average molecular weight is 181 g/mol. The Morgan fingerprint density at radius 2 is 1.93 bits per heavy atom. The molecule has 1 rings (SSSR count). The number of rotatable bonds is 2. The van der Waals surface area contributed by atoms with Crippen molar-refractivity contribution in [3.63, 3.8) is 0 Å². The molecule has 0 aromatic heterocycles. The summed E-state index contributed by atoms with van der Waals surface area (Å²) in [5.41, 5.74) is 2.49. The van der Waals surface area contributed by atoms with Gasteiger partial charge in [0.25, 0.3) is 0 Å². The lowest BCUT2D eigenvalue weighted by Crippen LogP contribution is -1.86. The highest BCUT2D eigenvalue weighted by atomic mass is 14.3. The van der Waals surface area contributed by atoms with Crippen LogP contribution in [0.5, 0.6) is 0 Å². The van der Waals surface area contributed by atoms with Crippen LogP contribution in [-0.4, -0.2) is 5.87 Å². The summed E-state index contributed by atoms with van der Waals surface area (Å²) in [7, 11) is 0. The standard InChI is InChI=1S/C12H9N2/c1-9-3-5-11(6-4-9)10(2)12(7-13)8-14/h3-6H,2H2,1H3/q-1. The molecule has 0 aliphatic heterocycles. The van der Waals surface area contributed by atoms with Gasteiger partial charge in [-0.25, -0.2) is 5.87 Å². The third-order valence-electron chi connectivity index (χ3n) is 1.93. The molecule has 0 aliphatic rings. The Bertz CT molecular complexity index is 440. The van der Waals surface area contributed by atoms with Gasteiger partial charge in [0.1, 0.15) is 6.07 Å². The largest absolute Gasteiger partial charge is 0.762 e. The second-order valence-corrected chi connectivity index (χ2v) is 2.94. The van der Waals surface area contributed by atoms with Crippen LogP contribution in [0.15, 0.2) is 36.4 Å². The zero-order valence-electron chi connectivity index (χ0n) is 7.91. The lowest BCUT2D eigenvalue weighted by atomic mass is 10.0. The molecule has 2 nitrogen and oxygen atoms in total. The number of nitriles is 1. The van der Waals surface area contributed by atoms with E-state index in [4.69, 9.17) is 10.7 Å². The Morgan fingerprint density at radius 3 is 2.36 bits per heavy atom. The number of nitrogens with zero attached hydrogens (tertiary/aromatic N) is 2. The van der Waals surface area contributed by atoms with Crippen LogP contribution in [0, 0.1) is 18.3 Å². The third-order valence-corrected chi connectivity index (χ3v) is 1.93. The van der Waals surface area contributed by atoms with Gasteiger partial charge in [0.2, 0.25) is 0 Å². The Kier molecular flexibility index (Phi) is 3.01. The Morgan fingerprint density at radius 1 is 1.36 bits per heavy atom. The first-order valence-electron chi connectivity index (χ1n) is 4.12. The topological polar surface area (TPSA) is 46.1 Å². The summed E-state index contributed by atoms with van der Waals surface area (Å²) in [5, 5.41) is 17.3. The molecule has 0 saturated heterocycles. The van der Waals surface area contributed by atoms with Crippen molar-refractivity contribution in [2.45, 2.75) is 6.92 Å². The van der Waals surface area contributed by atoms with Gasteiger partial charge in [-0.3, -0.25) is 0 Å². The predicted molar refractivity (Wildman–Crippen MR) is 57.7 cm³/mol. The summed E-state index contributed by atoms with van der Waals surface area (Å²) in [6, 6.07) is 9.37. The summed E-state index contributed by atoms with van der Waals surface area (Å²) in [6.07, 6.45) is 0. The van der Waals surface area contributed by atoms with Crippen molar-refractivity contribution in [3.05, 3.63) is 53.0 Å². The monoisotopic (exact) mass is 181 g/mol. The van der Waals surface area contributed by atoms with Crippen molar-refractivity contribution >= 4 is 11.4 Å². The van der Waals surface area contributed by atoms with Crippen LogP contribution in [0.1, 0.15) is 11.1 Å². The van der Waals surface area contributed by atoms with E-state index >= 15 is 0 Å². The summed E-state index contributed by atoms with van der Waals surface area (Å²) in [4.78, 5) is 0. The minimum absolute atomic E-state index is 0.0638. The van der Waals surface area contributed by atoms with Gasteiger partial charge in [-0.2, -0.15) is 5.26 Å². The second-order valence-electron chi connectivity index (χ2n) is 2.94. The van der Waals surface area contributed by atoms with Crippen molar-refractivity contribution in [3.8, 4) is 6.07 Å². The molecule has 0 saturated carbocycles. The number of hydrogen-bond acceptors (Lipinski definition) is 1. The molecule has 0 spiro atoms. The van der Waals surface area contributed by atoms with Crippen LogP contribution >= 0.6 is 0 Å². The van der Waals surface area contributed by atoms with Crippen LogP contribution in [0.2, 0.25) is 0 Å². The van der Waals surface area contributed by atoms with Gasteiger partial charge in [-0.05, 0) is 18.1 Å². The zero-order valence-corrected chi connectivity index (χ0v) is 7.91. The lowest BCUT2D eigenvalue weighted by molar-refractivity contribution is 1.45. The molecule has 0 aliphatic carbocycles. The predicted octanol–water partition coefficient (Wildman–Crippen LogP) is 2.70. The molecule has 0 bridgehead atoms. The third kappa shape index (κ3) is 1.98. The van der Waals surface area contributed by atoms with E-state index in [1.165, 1.54) is 0 Å². The molecule has 0 heterocycles. The van der Waals surface area contributed by atoms with E-state index in [0.717, 1.165) is 11.1 Å².